The van der Waals surface area contributed by atoms with Crippen molar-refractivity contribution in [2.75, 3.05) is 11.4 Å². The summed E-state index contributed by atoms with van der Waals surface area (Å²) in [6.07, 6.45) is 3.93. The molecule has 45 heavy (non-hydrogen) atoms. The lowest BCUT2D eigenvalue weighted by molar-refractivity contribution is 0.633. The molecular formula is C40H27N3OS. The van der Waals surface area contributed by atoms with Gasteiger partial charge in [0.15, 0.2) is 0 Å². The number of nitrogens with zero attached hydrogens (tertiary/aromatic N) is 2. The van der Waals surface area contributed by atoms with Crippen molar-refractivity contribution in [3.05, 3.63) is 138 Å². The van der Waals surface area contributed by atoms with E-state index in [1.165, 1.54) is 54.5 Å². The maximum Gasteiger partial charge on any atom is 0.147 e. The summed E-state index contributed by atoms with van der Waals surface area (Å²) in [5.74, 6) is 0.909. The largest absolute Gasteiger partial charge is 0.455 e. The summed E-state index contributed by atoms with van der Waals surface area (Å²) in [4.78, 5) is 12.7. The third-order valence-electron chi connectivity index (χ3n) is 9.40. The molecule has 4 nitrogen and oxygen atoms in total. The normalized spacial score (nSPS) is 14.0. The Morgan fingerprint density at radius 1 is 0.778 bits per heavy atom. The van der Waals surface area contributed by atoms with Crippen LogP contribution in [0.1, 0.15) is 16.7 Å². The van der Waals surface area contributed by atoms with Crippen LogP contribution in [-0.4, -0.2) is 17.2 Å². The van der Waals surface area contributed by atoms with Crippen LogP contribution in [0.25, 0.3) is 53.7 Å². The number of aromatic amines is 1. The van der Waals surface area contributed by atoms with E-state index in [0.717, 1.165) is 58.1 Å². The number of hydrogen-bond donors (Lipinski definition) is 1. The van der Waals surface area contributed by atoms with Crippen LogP contribution in [0, 0.1) is 0 Å². The molecule has 0 saturated heterocycles. The van der Waals surface area contributed by atoms with Crippen molar-refractivity contribution < 1.29 is 4.42 Å². The molecule has 8 aromatic rings. The number of furan rings is 1. The van der Waals surface area contributed by atoms with Gasteiger partial charge in [0.25, 0.3) is 0 Å². The summed E-state index contributed by atoms with van der Waals surface area (Å²) in [5.41, 5.74) is 11.7. The van der Waals surface area contributed by atoms with Gasteiger partial charge in [-0.2, -0.15) is 0 Å². The molecule has 0 saturated carbocycles. The van der Waals surface area contributed by atoms with Crippen LogP contribution in [0.2, 0.25) is 0 Å². The number of hydrogen-bond acceptors (Lipinski definition) is 4. The van der Waals surface area contributed by atoms with Crippen molar-refractivity contribution in [1.82, 2.24) is 4.98 Å². The molecule has 0 amide bonds. The van der Waals surface area contributed by atoms with Crippen molar-refractivity contribution in [3.8, 4) is 21.9 Å². The first-order chi connectivity index (χ1) is 22.3. The van der Waals surface area contributed by atoms with E-state index in [1.807, 2.05) is 17.4 Å². The van der Waals surface area contributed by atoms with Crippen molar-refractivity contribution in [3.63, 3.8) is 0 Å². The summed E-state index contributed by atoms with van der Waals surface area (Å²) in [6, 6.07) is 41.1. The molecule has 2 aliphatic rings. The average molecular weight is 598 g/mol. The molecule has 5 heterocycles. The minimum atomic E-state index is 0.798. The molecular weight excluding hydrogens is 571 g/mol. The topological polar surface area (TPSA) is 44.5 Å². The van der Waals surface area contributed by atoms with Gasteiger partial charge < -0.3 is 14.3 Å². The molecule has 1 N–H and O–H groups in total. The molecule has 10 rings (SSSR count). The summed E-state index contributed by atoms with van der Waals surface area (Å²) in [5, 5.41) is 4.79. The van der Waals surface area contributed by atoms with E-state index in [0.29, 0.717) is 0 Å². The Morgan fingerprint density at radius 3 is 2.49 bits per heavy atom. The van der Waals surface area contributed by atoms with Crippen molar-refractivity contribution in [1.29, 1.82) is 0 Å². The molecule has 0 fully saturated rings. The molecule has 0 bridgehead atoms. The fourth-order valence-electron chi connectivity index (χ4n) is 7.35. The van der Waals surface area contributed by atoms with E-state index in [1.54, 1.807) is 0 Å². The summed E-state index contributed by atoms with van der Waals surface area (Å²) in [7, 11) is 0. The highest BCUT2D eigenvalue weighted by molar-refractivity contribution is 7.23. The Bertz CT molecular complexity index is 2460. The first-order valence-corrected chi connectivity index (χ1v) is 16.3. The smallest absolute Gasteiger partial charge is 0.147 e. The van der Waals surface area contributed by atoms with Gasteiger partial charge in [-0.25, -0.2) is 0 Å². The molecule has 2 aliphatic heterocycles. The van der Waals surface area contributed by atoms with Gasteiger partial charge in [0, 0.05) is 56.8 Å². The van der Waals surface area contributed by atoms with Gasteiger partial charge >= 0.3 is 0 Å². The number of aromatic nitrogens is 1. The summed E-state index contributed by atoms with van der Waals surface area (Å²) >= 11 is 1.82. The lowest BCUT2D eigenvalue weighted by atomic mass is 9.92. The Morgan fingerprint density at radius 2 is 1.58 bits per heavy atom. The maximum atomic E-state index is 6.60. The number of thiophene rings is 1. The zero-order valence-electron chi connectivity index (χ0n) is 24.4. The monoisotopic (exact) mass is 597 g/mol. The quantitative estimate of drug-likeness (QED) is 0.219. The molecule has 0 aliphatic carbocycles. The number of para-hydroxylation sites is 3. The second-order valence-electron chi connectivity index (χ2n) is 11.9. The highest BCUT2D eigenvalue weighted by Crippen LogP contribution is 2.53. The number of nitrogens with one attached hydrogen (secondary N) is 1. The number of benzene rings is 5. The predicted octanol–water partition coefficient (Wildman–Crippen LogP) is 10.8. The van der Waals surface area contributed by atoms with E-state index in [9.17, 15) is 0 Å². The molecule has 5 aromatic carbocycles. The zero-order valence-corrected chi connectivity index (χ0v) is 25.2. The highest BCUT2D eigenvalue weighted by atomic mass is 32.1. The summed E-state index contributed by atoms with van der Waals surface area (Å²) < 4.78 is 7.83. The van der Waals surface area contributed by atoms with E-state index in [4.69, 9.17) is 9.41 Å². The minimum Gasteiger partial charge on any atom is -0.455 e. The number of rotatable bonds is 4. The fourth-order valence-corrected chi connectivity index (χ4v) is 8.52. The van der Waals surface area contributed by atoms with Crippen LogP contribution in [0.5, 0.6) is 0 Å². The lowest BCUT2D eigenvalue weighted by Gasteiger charge is -2.22. The van der Waals surface area contributed by atoms with Gasteiger partial charge in [-0.3, -0.25) is 4.99 Å². The first kappa shape index (κ1) is 25.0. The van der Waals surface area contributed by atoms with Crippen LogP contribution in [0.3, 0.4) is 0 Å². The van der Waals surface area contributed by atoms with Gasteiger partial charge in [0.1, 0.15) is 11.3 Å². The van der Waals surface area contributed by atoms with E-state index in [-0.39, 0.29) is 0 Å². The van der Waals surface area contributed by atoms with Crippen LogP contribution in [0.15, 0.2) is 131 Å². The first-order valence-electron chi connectivity index (χ1n) is 15.5. The van der Waals surface area contributed by atoms with Gasteiger partial charge in [-0.05, 0) is 53.3 Å². The van der Waals surface area contributed by atoms with Crippen LogP contribution >= 0.6 is 11.3 Å². The Hall–Kier alpha value is -5.39. The van der Waals surface area contributed by atoms with E-state index in [2.05, 4.69) is 125 Å². The van der Waals surface area contributed by atoms with Crippen molar-refractivity contribution in [2.24, 2.45) is 4.99 Å². The molecule has 0 atom stereocenters. The highest BCUT2D eigenvalue weighted by Gasteiger charge is 2.32. The predicted molar refractivity (Wildman–Crippen MR) is 188 cm³/mol. The molecule has 3 aromatic heterocycles. The van der Waals surface area contributed by atoms with Gasteiger partial charge in [-0.1, -0.05) is 84.9 Å². The SMILES string of the molecule is c1ccc2c(c1)CC(c1c(-c3[nH]cc4ccccc34)ccc3sc(-c4cc5ccccc5o4)c(N4CCc5ccccc54)c13)=N2. The summed E-state index contributed by atoms with van der Waals surface area (Å²) in [6.45, 7) is 0.917. The third kappa shape index (κ3) is 3.74. The fraction of sp³-hybridized carbons (Fsp3) is 0.0750. The molecule has 0 spiro atoms. The maximum absolute atomic E-state index is 6.60. The Kier molecular flexibility index (Phi) is 5.31. The second kappa shape index (κ2) is 9.55. The van der Waals surface area contributed by atoms with Crippen molar-refractivity contribution >= 4 is 65.9 Å². The van der Waals surface area contributed by atoms with Crippen molar-refractivity contribution in [2.45, 2.75) is 12.8 Å². The van der Waals surface area contributed by atoms with Gasteiger partial charge in [-0.15, -0.1) is 11.3 Å². The molecule has 214 valence electrons. The van der Waals surface area contributed by atoms with Crippen LogP contribution in [0.4, 0.5) is 17.1 Å². The standard InChI is InChI=1S/C40H27N3OS/c1-5-13-28-27(12-1)23-41-38(28)29-17-18-35-37(36(29)31-21-25-10-2-6-14-30(25)42-31)39(43-20-19-24-9-3-7-15-32(24)43)40(45-35)34-22-26-11-4-8-16-33(26)44-34/h1-18,22-23,41H,19-21H2. The Balaban J connectivity index is 1.32. The van der Waals surface area contributed by atoms with E-state index < -0.39 is 0 Å². The average Bonchev–Trinajstić information content (AvgIpc) is 3.91. The number of anilines is 2. The molecule has 5 heteroatoms. The minimum absolute atomic E-state index is 0.798. The number of fused-ring (bicyclic) bond motifs is 5. The Labute approximate surface area is 263 Å². The number of aliphatic imine (C=N–C) groups is 1. The van der Waals surface area contributed by atoms with E-state index >= 15 is 0 Å². The van der Waals surface area contributed by atoms with Gasteiger partial charge in [0.05, 0.1) is 27.7 Å². The second-order valence-corrected chi connectivity index (χ2v) is 13.0. The number of H-pyrrole nitrogens is 1. The van der Waals surface area contributed by atoms with Crippen LogP contribution < -0.4 is 4.90 Å². The zero-order chi connectivity index (χ0) is 29.5. The lowest BCUT2D eigenvalue weighted by Crippen LogP contribution is -2.15. The van der Waals surface area contributed by atoms with Crippen LogP contribution in [-0.2, 0) is 12.8 Å². The molecule has 0 unspecified atom stereocenters. The van der Waals surface area contributed by atoms with Gasteiger partial charge in [0.2, 0.25) is 0 Å². The third-order valence-corrected chi connectivity index (χ3v) is 10.6. The molecule has 0 radical (unpaired) electrons.